The average molecular weight is 442 g/mol. The molecule has 0 spiro atoms. The molecule has 0 unspecified atom stereocenters. The molecule has 3 aromatic rings. The molecule has 1 saturated heterocycles. The fourth-order valence-electron chi connectivity index (χ4n) is 4.98. The fraction of sp³-hybridized carbons (Fsp3) is 0.400. The Labute approximate surface area is 184 Å². The molecule has 0 bridgehead atoms. The highest BCUT2D eigenvalue weighted by Crippen LogP contribution is 2.45. The van der Waals surface area contributed by atoms with Crippen molar-refractivity contribution >= 4 is 16.8 Å². The number of ether oxygens (including phenoxy) is 1. The van der Waals surface area contributed by atoms with Crippen LogP contribution in [0, 0.1) is 23.4 Å². The summed E-state index contributed by atoms with van der Waals surface area (Å²) in [5.74, 6) is -1.20. The topological polar surface area (TPSA) is 54.1 Å². The summed E-state index contributed by atoms with van der Waals surface area (Å²) in [4.78, 5) is 15.5. The van der Waals surface area contributed by atoms with E-state index in [9.17, 15) is 18.0 Å². The van der Waals surface area contributed by atoms with Gasteiger partial charge < -0.3 is 15.0 Å². The van der Waals surface area contributed by atoms with E-state index in [0.717, 1.165) is 24.5 Å². The van der Waals surface area contributed by atoms with Crippen molar-refractivity contribution in [1.82, 2.24) is 10.3 Å². The van der Waals surface area contributed by atoms with Gasteiger partial charge in [0.05, 0.1) is 11.2 Å². The van der Waals surface area contributed by atoms with Crippen molar-refractivity contribution in [2.24, 2.45) is 5.92 Å². The van der Waals surface area contributed by atoms with Crippen LogP contribution in [0.1, 0.15) is 43.6 Å². The molecule has 2 aromatic carbocycles. The Kier molecular flexibility index (Phi) is 5.67. The molecule has 168 valence electrons. The Morgan fingerprint density at radius 2 is 1.75 bits per heavy atom. The van der Waals surface area contributed by atoms with Gasteiger partial charge in [0, 0.05) is 37.1 Å². The number of halogens is 3. The van der Waals surface area contributed by atoms with Gasteiger partial charge in [0.25, 0.3) is 0 Å². The molecule has 2 aliphatic rings. The molecule has 4 nitrogen and oxygen atoms in total. The molecule has 1 aliphatic carbocycles. The molecule has 0 atom stereocenters. The van der Waals surface area contributed by atoms with E-state index in [4.69, 9.17) is 4.74 Å². The van der Waals surface area contributed by atoms with Crippen LogP contribution in [0.15, 0.2) is 36.4 Å². The first-order valence-electron chi connectivity index (χ1n) is 11.1. The van der Waals surface area contributed by atoms with E-state index in [-0.39, 0.29) is 29.2 Å². The first-order valence-corrected chi connectivity index (χ1v) is 11.1. The van der Waals surface area contributed by atoms with Crippen LogP contribution in [0.2, 0.25) is 0 Å². The predicted octanol–water partition coefficient (Wildman–Crippen LogP) is 5.43. The molecular weight excluding hydrogens is 417 g/mol. The van der Waals surface area contributed by atoms with Crippen molar-refractivity contribution in [3.8, 4) is 11.3 Å². The van der Waals surface area contributed by atoms with Gasteiger partial charge >= 0.3 is 0 Å². The van der Waals surface area contributed by atoms with Crippen molar-refractivity contribution in [2.45, 2.75) is 44.1 Å². The largest absolute Gasteiger partial charge is 0.381 e. The molecular formula is C25H25F3N2O2. The lowest BCUT2D eigenvalue weighted by Gasteiger charge is -2.37. The van der Waals surface area contributed by atoms with E-state index in [1.807, 2.05) is 0 Å². The predicted molar refractivity (Wildman–Crippen MR) is 116 cm³/mol. The van der Waals surface area contributed by atoms with Crippen LogP contribution in [0.4, 0.5) is 13.2 Å². The third-order valence-corrected chi connectivity index (χ3v) is 6.72. The maximum Gasteiger partial charge on any atom is 0.220 e. The Morgan fingerprint density at radius 1 is 1.03 bits per heavy atom. The Morgan fingerprint density at radius 3 is 2.47 bits per heavy atom. The summed E-state index contributed by atoms with van der Waals surface area (Å²) < 4.78 is 47.3. The minimum Gasteiger partial charge on any atom is -0.381 e. The number of carbonyl (C=O) groups excluding carboxylic acids is 1. The smallest absolute Gasteiger partial charge is 0.220 e. The summed E-state index contributed by atoms with van der Waals surface area (Å²) in [6.07, 6.45) is 3.72. The number of H-pyrrole nitrogens is 1. The van der Waals surface area contributed by atoms with Gasteiger partial charge in [-0.1, -0.05) is 0 Å². The van der Waals surface area contributed by atoms with Crippen LogP contribution in [0.5, 0.6) is 0 Å². The molecule has 2 heterocycles. The van der Waals surface area contributed by atoms with Gasteiger partial charge in [-0.25, -0.2) is 13.2 Å². The van der Waals surface area contributed by atoms with Crippen LogP contribution in [-0.4, -0.2) is 30.1 Å². The number of fused-ring (bicyclic) bond motifs is 1. The van der Waals surface area contributed by atoms with Crippen molar-refractivity contribution in [3.05, 3.63) is 59.4 Å². The number of hydrogen-bond donors (Lipinski definition) is 2. The van der Waals surface area contributed by atoms with E-state index in [1.165, 1.54) is 18.2 Å². The summed E-state index contributed by atoms with van der Waals surface area (Å²) >= 11 is 0. The lowest BCUT2D eigenvalue weighted by atomic mass is 9.74. The van der Waals surface area contributed by atoms with Crippen molar-refractivity contribution in [3.63, 3.8) is 0 Å². The molecule has 1 aromatic heterocycles. The van der Waals surface area contributed by atoms with Gasteiger partial charge in [0.2, 0.25) is 5.91 Å². The monoisotopic (exact) mass is 442 g/mol. The van der Waals surface area contributed by atoms with Gasteiger partial charge in [-0.05, 0) is 79.0 Å². The standard InChI is InChI=1S/C25H25F3N2O2/c26-17-3-1-15(2-4-17)24-23(20-12-18(27)13-21(28)25(20)30-24)16-10-19(11-16)29-22(31)9-14-5-7-32-8-6-14/h1-4,12-14,16,19,30H,5-11H2,(H,29,31)/t16-,19-. The fourth-order valence-corrected chi connectivity index (χ4v) is 4.98. The van der Waals surface area contributed by atoms with Gasteiger partial charge in [-0.3, -0.25) is 4.79 Å². The minimum absolute atomic E-state index is 0.0387. The molecule has 1 amide bonds. The van der Waals surface area contributed by atoms with Crippen LogP contribution in [0.25, 0.3) is 22.2 Å². The Hall–Kier alpha value is -2.80. The first kappa shape index (κ1) is 21.1. The van der Waals surface area contributed by atoms with Gasteiger partial charge in [-0.2, -0.15) is 0 Å². The van der Waals surface area contributed by atoms with E-state index in [2.05, 4.69) is 10.3 Å². The lowest BCUT2D eigenvalue weighted by molar-refractivity contribution is -0.124. The van der Waals surface area contributed by atoms with E-state index in [1.54, 1.807) is 12.1 Å². The van der Waals surface area contributed by atoms with Crippen molar-refractivity contribution < 1.29 is 22.7 Å². The zero-order valence-electron chi connectivity index (χ0n) is 17.6. The number of nitrogens with one attached hydrogen (secondary N) is 2. The number of carbonyl (C=O) groups is 1. The molecule has 0 radical (unpaired) electrons. The highest BCUT2D eigenvalue weighted by molar-refractivity contribution is 5.92. The second-order valence-corrected chi connectivity index (χ2v) is 8.92. The van der Waals surface area contributed by atoms with Gasteiger partial charge in [0.15, 0.2) is 0 Å². The van der Waals surface area contributed by atoms with Crippen LogP contribution < -0.4 is 5.32 Å². The highest BCUT2D eigenvalue weighted by Gasteiger charge is 2.35. The number of aromatic nitrogens is 1. The average Bonchev–Trinajstić information content (AvgIpc) is 3.11. The molecule has 5 rings (SSSR count). The highest BCUT2D eigenvalue weighted by atomic mass is 19.1. The molecule has 32 heavy (non-hydrogen) atoms. The molecule has 7 heteroatoms. The van der Waals surface area contributed by atoms with Crippen LogP contribution in [0.3, 0.4) is 0 Å². The first-order chi connectivity index (χ1) is 15.5. The minimum atomic E-state index is -0.657. The van der Waals surface area contributed by atoms with E-state index < -0.39 is 11.6 Å². The van der Waals surface area contributed by atoms with Crippen molar-refractivity contribution in [1.29, 1.82) is 0 Å². The summed E-state index contributed by atoms with van der Waals surface area (Å²) in [5, 5.41) is 3.60. The zero-order chi connectivity index (χ0) is 22.2. The van der Waals surface area contributed by atoms with Crippen LogP contribution >= 0.6 is 0 Å². The lowest BCUT2D eigenvalue weighted by Crippen LogP contribution is -2.44. The van der Waals surface area contributed by atoms with Crippen molar-refractivity contribution in [2.75, 3.05) is 13.2 Å². The summed E-state index contributed by atoms with van der Waals surface area (Å²) in [6, 6.07) is 8.19. The third kappa shape index (κ3) is 4.13. The number of aromatic amines is 1. The maximum absolute atomic E-state index is 14.5. The number of hydrogen-bond acceptors (Lipinski definition) is 2. The molecule has 2 N–H and O–H groups in total. The normalized spacial score (nSPS) is 21.5. The second-order valence-electron chi connectivity index (χ2n) is 8.92. The summed E-state index contributed by atoms with van der Waals surface area (Å²) in [6.45, 7) is 1.42. The number of benzene rings is 2. The van der Waals surface area contributed by atoms with E-state index in [0.29, 0.717) is 55.0 Å². The van der Waals surface area contributed by atoms with E-state index >= 15 is 0 Å². The molecule has 1 aliphatic heterocycles. The van der Waals surface area contributed by atoms with Crippen LogP contribution in [-0.2, 0) is 9.53 Å². The third-order valence-electron chi connectivity index (χ3n) is 6.72. The zero-order valence-corrected chi connectivity index (χ0v) is 17.6. The maximum atomic E-state index is 14.5. The Bertz CT molecular complexity index is 1130. The molecule has 1 saturated carbocycles. The SMILES string of the molecule is O=C(CC1CCOCC1)N[C@H]1C[C@H](c2c(-c3ccc(F)cc3)[nH]c3c(F)cc(F)cc32)C1. The summed E-state index contributed by atoms with van der Waals surface area (Å²) in [7, 11) is 0. The number of amides is 1. The number of rotatable bonds is 5. The van der Waals surface area contributed by atoms with Gasteiger partial charge in [0.1, 0.15) is 17.5 Å². The Balaban J connectivity index is 1.36. The second kappa shape index (κ2) is 8.62. The van der Waals surface area contributed by atoms with Gasteiger partial charge in [-0.15, -0.1) is 0 Å². The molecule has 2 fully saturated rings. The summed E-state index contributed by atoms with van der Waals surface area (Å²) in [5.41, 5.74) is 2.44. The quantitative estimate of drug-likeness (QED) is 0.554.